The molecule has 2 aromatic rings. The van der Waals surface area contributed by atoms with Crippen LogP contribution < -0.4 is 5.43 Å². The first-order chi connectivity index (χ1) is 12.2. The summed E-state index contributed by atoms with van der Waals surface area (Å²) >= 11 is 3.05. The van der Waals surface area contributed by atoms with E-state index < -0.39 is 37.6 Å². The number of halogens is 1. The molecule has 0 aliphatic carbocycles. The molecule has 0 aliphatic heterocycles. The number of hydrazone groups is 1. The molecule has 0 heterocycles. The van der Waals surface area contributed by atoms with Crippen molar-refractivity contribution in [3.63, 3.8) is 0 Å². The van der Waals surface area contributed by atoms with Crippen LogP contribution >= 0.6 is 15.9 Å². The number of phenols is 1. The molecule has 0 spiro atoms. The Morgan fingerprint density at radius 2 is 1.65 bits per heavy atom. The first-order valence-electron chi connectivity index (χ1n) is 6.59. The molecule has 12 nitrogen and oxygen atoms in total. The Labute approximate surface area is 152 Å². The van der Waals surface area contributed by atoms with Crippen molar-refractivity contribution in [3.8, 4) is 5.75 Å². The third-order valence-corrected chi connectivity index (χ3v) is 3.52. The maximum absolute atomic E-state index is 11.0. The number of nitro benzene ring substituents is 3. The van der Waals surface area contributed by atoms with Crippen LogP contribution in [0.2, 0.25) is 0 Å². The Balaban J connectivity index is 2.33. The molecule has 134 valence electrons. The Morgan fingerprint density at radius 1 is 1.00 bits per heavy atom. The quantitative estimate of drug-likeness (QED) is 0.402. The van der Waals surface area contributed by atoms with Gasteiger partial charge in [0.15, 0.2) is 0 Å². The third kappa shape index (κ3) is 4.07. The van der Waals surface area contributed by atoms with Crippen LogP contribution in [0.15, 0.2) is 39.9 Å². The Morgan fingerprint density at radius 3 is 2.23 bits per heavy atom. The molecule has 0 fully saturated rings. The van der Waals surface area contributed by atoms with Crippen molar-refractivity contribution in [2.75, 3.05) is 5.43 Å². The number of aromatic hydroxyl groups is 1. The maximum Gasteiger partial charge on any atom is 0.312 e. The monoisotopic (exact) mass is 425 g/mol. The normalized spacial score (nSPS) is 10.7. The first-order valence-corrected chi connectivity index (χ1v) is 7.39. The summed E-state index contributed by atoms with van der Waals surface area (Å²) in [5, 5.41) is 46.1. The summed E-state index contributed by atoms with van der Waals surface area (Å²) in [6, 6.07) is 5.35. The number of phenolic OH excluding ortho intramolecular Hbond substituents is 1. The molecule has 0 atom stereocenters. The molecule has 0 aliphatic rings. The lowest BCUT2D eigenvalue weighted by Crippen LogP contribution is -1.99. The zero-order chi connectivity index (χ0) is 19.4. The van der Waals surface area contributed by atoms with E-state index in [-0.39, 0.29) is 11.3 Å². The third-order valence-electron chi connectivity index (χ3n) is 3.06. The molecule has 13 heteroatoms. The maximum atomic E-state index is 11.0. The predicted molar refractivity (Wildman–Crippen MR) is 93.4 cm³/mol. The van der Waals surface area contributed by atoms with Gasteiger partial charge >= 0.3 is 11.4 Å². The molecule has 2 N–H and O–H groups in total. The van der Waals surface area contributed by atoms with E-state index in [1.165, 1.54) is 6.07 Å². The van der Waals surface area contributed by atoms with Crippen LogP contribution in [0.1, 0.15) is 5.56 Å². The van der Waals surface area contributed by atoms with E-state index in [0.29, 0.717) is 4.47 Å². The second-order valence-corrected chi connectivity index (χ2v) is 5.62. The van der Waals surface area contributed by atoms with Gasteiger partial charge in [0, 0.05) is 22.2 Å². The van der Waals surface area contributed by atoms with Gasteiger partial charge in [-0.05, 0) is 12.1 Å². The summed E-state index contributed by atoms with van der Waals surface area (Å²) in [7, 11) is 0. The predicted octanol–water partition coefficient (Wildman–Crippen LogP) is 3.33. The fraction of sp³-hybridized carbons (Fsp3) is 0. The van der Waals surface area contributed by atoms with Gasteiger partial charge in [-0.15, -0.1) is 0 Å². The van der Waals surface area contributed by atoms with Crippen molar-refractivity contribution in [3.05, 3.63) is 70.7 Å². The minimum atomic E-state index is -0.827. The fourth-order valence-electron chi connectivity index (χ4n) is 1.89. The van der Waals surface area contributed by atoms with Crippen LogP contribution in [0.5, 0.6) is 5.75 Å². The molecule has 0 unspecified atom stereocenters. The van der Waals surface area contributed by atoms with E-state index in [0.717, 1.165) is 30.5 Å². The van der Waals surface area contributed by atoms with Gasteiger partial charge in [-0.25, -0.2) is 0 Å². The zero-order valence-corrected chi connectivity index (χ0v) is 14.1. The van der Waals surface area contributed by atoms with Gasteiger partial charge in [0.25, 0.3) is 5.69 Å². The average molecular weight is 426 g/mol. The van der Waals surface area contributed by atoms with Gasteiger partial charge < -0.3 is 5.11 Å². The minimum Gasteiger partial charge on any atom is -0.502 e. The topological polar surface area (TPSA) is 174 Å². The van der Waals surface area contributed by atoms with E-state index in [4.69, 9.17) is 0 Å². The molecule has 0 aromatic heterocycles. The van der Waals surface area contributed by atoms with E-state index in [2.05, 4.69) is 26.5 Å². The van der Waals surface area contributed by atoms with Crippen LogP contribution in [-0.2, 0) is 0 Å². The summed E-state index contributed by atoms with van der Waals surface area (Å²) in [5.41, 5.74) is 0.548. The van der Waals surface area contributed by atoms with Gasteiger partial charge in [0.1, 0.15) is 5.69 Å². The molecule has 2 rings (SSSR count). The summed E-state index contributed by atoms with van der Waals surface area (Å²) in [6.45, 7) is 0. The van der Waals surface area contributed by atoms with E-state index in [1.54, 1.807) is 0 Å². The van der Waals surface area contributed by atoms with Gasteiger partial charge in [-0.3, -0.25) is 35.8 Å². The standard InChI is InChI=1S/C13H8BrN5O7/c14-8-3-7(13(20)12(4-8)19(25)26)6-15-16-10-2-1-9(17(21)22)5-11(10)18(23)24/h1-6,16,20H/b15-6-. The van der Waals surface area contributed by atoms with Crippen molar-refractivity contribution < 1.29 is 19.9 Å². The Bertz CT molecular complexity index is 947. The largest absolute Gasteiger partial charge is 0.502 e. The van der Waals surface area contributed by atoms with Crippen molar-refractivity contribution in [1.82, 2.24) is 0 Å². The molecule has 0 saturated heterocycles. The molecular formula is C13H8BrN5O7. The Kier molecular flexibility index (Phi) is 5.42. The smallest absolute Gasteiger partial charge is 0.312 e. The number of rotatable bonds is 6. The fourth-order valence-corrected chi connectivity index (χ4v) is 2.36. The molecule has 0 saturated carbocycles. The van der Waals surface area contributed by atoms with E-state index in [9.17, 15) is 35.4 Å². The Hall–Kier alpha value is -3.61. The van der Waals surface area contributed by atoms with Gasteiger partial charge in [0.2, 0.25) is 5.75 Å². The number of nitro groups is 3. The highest BCUT2D eigenvalue weighted by atomic mass is 79.9. The van der Waals surface area contributed by atoms with Crippen molar-refractivity contribution in [1.29, 1.82) is 0 Å². The summed E-state index contributed by atoms with van der Waals surface area (Å²) in [5.74, 6) is -0.637. The number of nitrogens with zero attached hydrogens (tertiary/aromatic N) is 4. The lowest BCUT2D eigenvalue weighted by Gasteiger charge is -2.03. The second-order valence-electron chi connectivity index (χ2n) is 4.71. The molecule has 0 radical (unpaired) electrons. The molecular weight excluding hydrogens is 418 g/mol. The number of hydrogen-bond donors (Lipinski definition) is 2. The van der Waals surface area contributed by atoms with Crippen LogP contribution in [-0.4, -0.2) is 26.1 Å². The zero-order valence-electron chi connectivity index (χ0n) is 12.5. The second kappa shape index (κ2) is 7.52. The van der Waals surface area contributed by atoms with Gasteiger partial charge in [-0.1, -0.05) is 15.9 Å². The first kappa shape index (κ1) is 18.7. The number of hydrogen-bond acceptors (Lipinski definition) is 9. The number of nitrogens with one attached hydrogen (secondary N) is 1. The highest BCUT2D eigenvalue weighted by Crippen LogP contribution is 2.33. The van der Waals surface area contributed by atoms with E-state index in [1.807, 2.05) is 0 Å². The summed E-state index contributed by atoms with van der Waals surface area (Å²) < 4.78 is 0.310. The SMILES string of the molecule is O=[N+]([O-])c1ccc(N/N=C\c2cc(Br)cc([N+](=O)[O-])c2O)c([N+](=O)[O-])c1. The van der Waals surface area contributed by atoms with Crippen LogP contribution in [0.3, 0.4) is 0 Å². The molecule has 0 bridgehead atoms. The lowest BCUT2D eigenvalue weighted by molar-refractivity contribution is -0.393. The van der Waals surface area contributed by atoms with Crippen LogP contribution in [0, 0.1) is 30.3 Å². The summed E-state index contributed by atoms with van der Waals surface area (Å²) in [4.78, 5) is 30.2. The number of benzene rings is 2. The van der Waals surface area contributed by atoms with Gasteiger partial charge in [0.05, 0.1) is 27.1 Å². The van der Waals surface area contributed by atoms with Gasteiger partial charge in [-0.2, -0.15) is 5.10 Å². The lowest BCUT2D eigenvalue weighted by atomic mass is 10.2. The highest BCUT2D eigenvalue weighted by Gasteiger charge is 2.20. The average Bonchev–Trinajstić information content (AvgIpc) is 2.57. The summed E-state index contributed by atoms with van der Waals surface area (Å²) in [6.07, 6.45) is 1.01. The molecule has 0 amide bonds. The van der Waals surface area contributed by atoms with Crippen molar-refractivity contribution in [2.45, 2.75) is 0 Å². The van der Waals surface area contributed by atoms with Crippen molar-refractivity contribution >= 4 is 44.9 Å². The van der Waals surface area contributed by atoms with E-state index >= 15 is 0 Å². The van der Waals surface area contributed by atoms with Crippen LogP contribution in [0.25, 0.3) is 0 Å². The highest BCUT2D eigenvalue weighted by molar-refractivity contribution is 9.10. The number of anilines is 1. The molecule has 2 aromatic carbocycles. The molecule has 26 heavy (non-hydrogen) atoms. The van der Waals surface area contributed by atoms with Crippen molar-refractivity contribution in [2.24, 2.45) is 5.10 Å². The minimum absolute atomic E-state index is 0.0249. The van der Waals surface area contributed by atoms with Crippen LogP contribution in [0.4, 0.5) is 22.7 Å². The number of non-ortho nitro benzene ring substituents is 1.